The van der Waals surface area contributed by atoms with E-state index in [0.29, 0.717) is 56.4 Å². The molecule has 1 N–H and O–H groups in total. The average Bonchev–Trinajstić information content (AvgIpc) is 3.00. The van der Waals surface area contributed by atoms with Crippen molar-refractivity contribution in [3.63, 3.8) is 0 Å². The van der Waals surface area contributed by atoms with Crippen LogP contribution in [0.25, 0.3) is 0 Å². The van der Waals surface area contributed by atoms with Crippen LogP contribution < -0.4 is 19.9 Å². The number of pyridine rings is 1. The standard InChI is InChI=1S/C31H38N6O3/c1-23(2)33-26-7-6-14-32-29(26)35-17-21-37(22-18-35)31(39)25-12-10-24(11-13-25)30(38)36-19-15-34(16-20-36)27-8-4-5-9-28(27)40-3/h4-14,23,33H,15-22H2,1-3H3. The van der Waals surface area contributed by atoms with Crippen LogP contribution in [0.4, 0.5) is 17.2 Å². The summed E-state index contributed by atoms with van der Waals surface area (Å²) >= 11 is 0. The smallest absolute Gasteiger partial charge is 0.253 e. The number of nitrogens with zero attached hydrogens (tertiary/aromatic N) is 5. The van der Waals surface area contributed by atoms with Crippen LogP contribution >= 0.6 is 0 Å². The molecule has 3 heterocycles. The van der Waals surface area contributed by atoms with Crippen molar-refractivity contribution in [2.45, 2.75) is 19.9 Å². The van der Waals surface area contributed by atoms with Crippen LogP contribution in [0, 0.1) is 0 Å². The Kier molecular flexibility index (Phi) is 8.38. The first kappa shape index (κ1) is 27.3. The maximum absolute atomic E-state index is 13.2. The fourth-order valence-corrected chi connectivity index (χ4v) is 5.36. The van der Waals surface area contributed by atoms with Gasteiger partial charge < -0.3 is 29.7 Å². The lowest BCUT2D eigenvalue weighted by Gasteiger charge is -2.37. The predicted molar refractivity (Wildman–Crippen MR) is 159 cm³/mol. The molecule has 5 rings (SSSR count). The van der Waals surface area contributed by atoms with E-state index in [1.807, 2.05) is 52.4 Å². The van der Waals surface area contributed by atoms with Gasteiger partial charge >= 0.3 is 0 Å². The molecule has 0 spiro atoms. The summed E-state index contributed by atoms with van der Waals surface area (Å²) in [4.78, 5) is 39.2. The highest BCUT2D eigenvalue weighted by atomic mass is 16.5. The summed E-state index contributed by atoms with van der Waals surface area (Å²) < 4.78 is 5.50. The Balaban J connectivity index is 1.15. The van der Waals surface area contributed by atoms with Crippen LogP contribution in [0.5, 0.6) is 5.75 Å². The summed E-state index contributed by atoms with van der Waals surface area (Å²) in [6, 6.07) is 19.3. The number of piperazine rings is 2. The first-order chi connectivity index (χ1) is 19.4. The van der Waals surface area contributed by atoms with E-state index >= 15 is 0 Å². The Labute approximate surface area is 236 Å². The zero-order valence-corrected chi connectivity index (χ0v) is 23.5. The average molecular weight is 543 g/mol. The van der Waals surface area contributed by atoms with Gasteiger partial charge in [0, 0.05) is 75.7 Å². The highest BCUT2D eigenvalue weighted by Gasteiger charge is 2.26. The molecular formula is C31H38N6O3. The van der Waals surface area contributed by atoms with Crippen molar-refractivity contribution in [1.29, 1.82) is 0 Å². The van der Waals surface area contributed by atoms with Crippen LogP contribution in [0.3, 0.4) is 0 Å². The summed E-state index contributed by atoms with van der Waals surface area (Å²) in [6.07, 6.45) is 1.81. The molecule has 40 heavy (non-hydrogen) atoms. The molecule has 210 valence electrons. The highest BCUT2D eigenvalue weighted by Crippen LogP contribution is 2.29. The van der Waals surface area contributed by atoms with Gasteiger partial charge in [-0.3, -0.25) is 9.59 Å². The third-order valence-corrected chi connectivity index (χ3v) is 7.47. The predicted octanol–water partition coefficient (Wildman–Crippen LogP) is 3.84. The van der Waals surface area contributed by atoms with Gasteiger partial charge in [-0.05, 0) is 62.4 Å². The van der Waals surface area contributed by atoms with Crippen molar-refractivity contribution in [1.82, 2.24) is 14.8 Å². The van der Waals surface area contributed by atoms with Crippen LogP contribution in [0.1, 0.15) is 34.6 Å². The second-order valence-electron chi connectivity index (χ2n) is 10.5. The van der Waals surface area contributed by atoms with Gasteiger partial charge in [-0.25, -0.2) is 4.98 Å². The molecule has 1 aromatic heterocycles. The number of para-hydroxylation sites is 2. The van der Waals surface area contributed by atoms with E-state index < -0.39 is 0 Å². The normalized spacial score (nSPS) is 15.8. The number of anilines is 3. The topological polar surface area (TPSA) is 81.2 Å². The summed E-state index contributed by atoms with van der Waals surface area (Å²) in [5, 5.41) is 3.46. The van der Waals surface area contributed by atoms with Crippen LogP contribution in [0.2, 0.25) is 0 Å². The number of methoxy groups -OCH3 is 1. The van der Waals surface area contributed by atoms with Crippen molar-refractivity contribution in [3.05, 3.63) is 78.0 Å². The number of hydrogen-bond acceptors (Lipinski definition) is 7. The number of rotatable bonds is 7. The van der Waals surface area contributed by atoms with Gasteiger partial charge in [-0.2, -0.15) is 0 Å². The molecule has 0 bridgehead atoms. The maximum atomic E-state index is 13.2. The molecule has 0 atom stereocenters. The second kappa shape index (κ2) is 12.3. The van der Waals surface area contributed by atoms with Crippen LogP contribution in [-0.2, 0) is 0 Å². The number of nitrogens with one attached hydrogen (secondary N) is 1. The van der Waals surface area contributed by atoms with E-state index in [4.69, 9.17) is 4.74 Å². The fourth-order valence-electron chi connectivity index (χ4n) is 5.36. The molecule has 9 nitrogen and oxygen atoms in total. The minimum absolute atomic E-state index is 0.00605. The van der Waals surface area contributed by atoms with Crippen molar-refractivity contribution in [3.8, 4) is 5.75 Å². The molecule has 2 saturated heterocycles. The van der Waals surface area contributed by atoms with Gasteiger partial charge in [0.25, 0.3) is 11.8 Å². The molecule has 2 aliphatic heterocycles. The number of aromatic nitrogens is 1. The number of ether oxygens (including phenoxy) is 1. The summed E-state index contributed by atoms with van der Waals surface area (Å²) in [5.74, 6) is 1.75. The van der Waals surface area contributed by atoms with Gasteiger partial charge in [0.1, 0.15) is 5.75 Å². The molecule has 2 fully saturated rings. The van der Waals surface area contributed by atoms with E-state index in [1.54, 1.807) is 31.4 Å². The molecular weight excluding hydrogens is 504 g/mol. The van der Waals surface area contributed by atoms with Gasteiger partial charge in [-0.15, -0.1) is 0 Å². The zero-order valence-electron chi connectivity index (χ0n) is 23.5. The Hall–Kier alpha value is -4.27. The lowest BCUT2D eigenvalue weighted by molar-refractivity contribution is 0.0734. The number of carbonyl (C=O) groups excluding carboxylic acids is 2. The van der Waals surface area contributed by atoms with Crippen LogP contribution in [0.15, 0.2) is 66.9 Å². The summed E-state index contributed by atoms with van der Waals surface area (Å²) in [5.41, 5.74) is 3.27. The largest absolute Gasteiger partial charge is 0.495 e. The third kappa shape index (κ3) is 5.98. The van der Waals surface area contributed by atoms with E-state index in [2.05, 4.69) is 33.9 Å². The molecule has 2 amide bonds. The molecule has 9 heteroatoms. The Morgan fingerprint density at radius 2 is 1.30 bits per heavy atom. The molecule has 0 saturated carbocycles. The van der Waals surface area contributed by atoms with E-state index in [-0.39, 0.29) is 11.8 Å². The summed E-state index contributed by atoms with van der Waals surface area (Å²) in [6.45, 7) is 9.62. The second-order valence-corrected chi connectivity index (χ2v) is 10.5. The number of benzene rings is 2. The van der Waals surface area contributed by atoms with Crippen molar-refractivity contribution >= 4 is 29.0 Å². The van der Waals surface area contributed by atoms with E-state index in [0.717, 1.165) is 36.0 Å². The molecule has 2 aliphatic rings. The third-order valence-electron chi connectivity index (χ3n) is 7.47. The quantitative estimate of drug-likeness (QED) is 0.486. The Morgan fingerprint density at radius 3 is 1.85 bits per heavy atom. The van der Waals surface area contributed by atoms with Gasteiger partial charge in [-0.1, -0.05) is 12.1 Å². The summed E-state index contributed by atoms with van der Waals surface area (Å²) in [7, 11) is 1.68. The number of amides is 2. The minimum atomic E-state index is -0.00868. The number of carbonyl (C=O) groups is 2. The minimum Gasteiger partial charge on any atom is -0.495 e. The highest BCUT2D eigenvalue weighted by molar-refractivity contribution is 5.98. The molecule has 2 aromatic carbocycles. The van der Waals surface area contributed by atoms with E-state index in [1.165, 1.54) is 0 Å². The van der Waals surface area contributed by atoms with E-state index in [9.17, 15) is 9.59 Å². The monoisotopic (exact) mass is 542 g/mol. The van der Waals surface area contributed by atoms with Gasteiger partial charge in [0.15, 0.2) is 5.82 Å². The maximum Gasteiger partial charge on any atom is 0.253 e. The van der Waals surface area contributed by atoms with Crippen molar-refractivity contribution in [2.75, 3.05) is 74.6 Å². The van der Waals surface area contributed by atoms with Crippen LogP contribution in [-0.4, -0.2) is 92.1 Å². The number of hydrogen-bond donors (Lipinski definition) is 1. The lowest BCUT2D eigenvalue weighted by Crippen LogP contribution is -2.49. The first-order valence-corrected chi connectivity index (χ1v) is 14.0. The molecule has 0 aliphatic carbocycles. The van der Waals surface area contributed by atoms with Crippen molar-refractivity contribution in [2.24, 2.45) is 0 Å². The van der Waals surface area contributed by atoms with Gasteiger partial charge in [0.2, 0.25) is 0 Å². The molecule has 3 aromatic rings. The molecule has 0 radical (unpaired) electrons. The molecule has 0 unspecified atom stereocenters. The SMILES string of the molecule is COc1ccccc1N1CCN(C(=O)c2ccc(C(=O)N3CCN(c4ncccc4NC(C)C)CC3)cc2)CC1. The Morgan fingerprint density at radius 1 is 0.750 bits per heavy atom. The first-order valence-electron chi connectivity index (χ1n) is 14.0. The Bertz CT molecular complexity index is 1310. The fraction of sp³-hybridized carbons (Fsp3) is 0.387. The zero-order chi connectivity index (χ0) is 28.1. The van der Waals surface area contributed by atoms with Crippen molar-refractivity contribution < 1.29 is 14.3 Å². The van der Waals surface area contributed by atoms with Gasteiger partial charge in [0.05, 0.1) is 18.5 Å². The lowest BCUT2D eigenvalue weighted by atomic mass is 10.1.